The lowest BCUT2D eigenvalue weighted by atomic mass is 9.78. The molecule has 0 aliphatic carbocycles. The van der Waals surface area contributed by atoms with E-state index in [2.05, 4.69) is 27.7 Å². The quantitative estimate of drug-likeness (QED) is 0.0512. The van der Waals surface area contributed by atoms with Gasteiger partial charge in [-0.25, -0.2) is 0 Å². The van der Waals surface area contributed by atoms with Crippen molar-refractivity contribution < 1.29 is 4.74 Å². The molecule has 0 bridgehead atoms. The molecule has 0 spiro atoms. The first-order valence-corrected chi connectivity index (χ1v) is 20.9. The Morgan fingerprint density at radius 3 is 0.581 bits per heavy atom. The highest BCUT2D eigenvalue weighted by Gasteiger charge is 2.66. The van der Waals surface area contributed by atoms with Gasteiger partial charge in [0.1, 0.15) is 0 Å². The zero-order valence-corrected chi connectivity index (χ0v) is 30.9. The van der Waals surface area contributed by atoms with Crippen molar-refractivity contribution in [3.8, 4) is 0 Å². The van der Waals surface area contributed by atoms with Crippen LogP contribution in [0.15, 0.2) is 0 Å². The minimum Gasteiger partial charge on any atom is -0.363 e. The summed E-state index contributed by atoms with van der Waals surface area (Å²) in [6, 6.07) is 0. The molecule has 1 heteroatoms. The molecule has 1 saturated heterocycles. The van der Waals surface area contributed by atoms with E-state index in [-0.39, 0.29) is 11.2 Å². The third kappa shape index (κ3) is 20.7. The number of hydrogen-bond acceptors (Lipinski definition) is 1. The predicted octanol–water partition coefficient (Wildman–Crippen LogP) is 15.6. The number of hydrogen-bond donors (Lipinski definition) is 0. The molecule has 0 aromatic rings. The molecule has 0 amide bonds. The molecule has 0 radical (unpaired) electrons. The topological polar surface area (TPSA) is 12.5 Å². The fraction of sp³-hybridized carbons (Fsp3) is 1.00. The Kier molecular flexibility index (Phi) is 28.0. The maximum atomic E-state index is 7.13. The first-order chi connectivity index (χ1) is 21.2. The lowest BCUT2D eigenvalue weighted by Gasteiger charge is -2.21. The van der Waals surface area contributed by atoms with Crippen LogP contribution in [0.2, 0.25) is 0 Å². The lowest BCUT2D eigenvalue weighted by molar-refractivity contribution is 0.224. The van der Waals surface area contributed by atoms with Crippen molar-refractivity contribution in [2.45, 2.75) is 270 Å². The first-order valence-electron chi connectivity index (χ1n) is 20.9. The first kappa shape index (κ1) is 41.0. The number of ether oxygens (including phenoxy) is 1. The van der Waals surface area contributed by atoms with E-state index in [9.17, 15) is 0 Å². The van der Waals surface area contributed by atoms with Gasteiger partial charge in [0.2, 0.25) is 0 Å². The Morgan fingerprint density at radius 2 is 0.395 bits per heavy atom. The fourth-order valence-electron chi connectivity index (χ4n) is 7.89. The van der Waals surface area contributed by atoms with Gasteiger partial charge in [-0.2, -0.15) is 0 Å². The second kappa shape index (κ2) is 29.4. The molecule has 1 rings (SSSR count). The fourth-order valence-corrected chi connectivity index (χ4v) is 7.89. The van der Waals surface area contributed by atoms with Crippen molar-refractivity contribution in [1.29, 1.82) is 0 Å². The number of unbranched alkanes of at least 4 members (excludes halogenated alkanes) is 28. The molecule has 43 heavy (non-hydrogen) atoms. The molecule has 1 aliphatic rings. The molecule has 258 valence electrons. The van der Waals surface area contributed by atoms with E-state index >= 15 is 0 Å². The molecule has 1 aliphatic heterocycles. The van der Waals surface area contributed by atoms with Gasteiger partial charge in [0.25, 0.3) is 0 Å². The highest BCUT2D eigenvalue weighted by atomic mass is 16.6. The number of rotatable bonds is 36. The van der Waals surface area contributed by atoms with Crippen LogP contribution in [-0.4, -0.2) is 11.2 Å². The Morgan fingerprint density at radius 1 is 0.233 bits per heavy atom. The molecule has 0 aromatic heterocycles. The predicted molar refractivity (Wildman–Crippen MR) is 195 cm³/mol. The van der Waals surface area contributed by atoms with Gasteiger partial charge in [-0.3, -0.25) is 0 Å². The SMILES string of the molecule is CCCCCCCCCCC1(CCCCCCCCCC)OC1(CCCCCCCCCC)CCCCCCCCCC. The zero-order valence-electron chi connectivity index (χ0n) is 30.9. The van der Waals surface area contributed by atoms with Crippen LogP contribution in [0.25, 0.3) is 0 Å². The van der Waals surface area contributed by atoms with Gasteiger partial charge < -0.3 is 4.74 Å². The van der Waals surface area contributed by atoms with E-state index in [0.717, 1.165) is 0 Å². The van der Waals surface area contributed by atoms with Crippen molar-refractivity contribution in [1.82, 2.24) is 0 Å². The van der Waals surface area contributed by atoms with Crippen molar-refractivity contribution in [3.63, 3.8) is 0 Å². The van der Waals surface area contributed by atoms with Gasteiger partial charge in [-0.1, -0.05) is 233 Å². The zero-order chi connectivity index (χ0) is 31.2. The summed E-state index contributed by atoms with van der Waals surface area (Å²) in [6.45, 7) is 9.31. The molecule has 0 saturated carbocycles. The second-order valence-corrected chi connectivity index (χ2v) is 15.0. The second-order valence-electron chi connectivity index (χ2n) is 15.0. The van der Waals surface area contributed by atoms with Gasteiger partial charge >= 0.3 is 0 Å². The largest absolute Gasteiger partial charge is 0.363 e. The molecule has 0 aromatic carbocycles. The van der Waals surface area contributed by atoms with Gasteiger partial charge in [-0.05, 0) is 25.7 Å². The maximum Gasteiger partial charge on any atom is 0.0980 e. The number of epoxide rings is 1. The minimum atomic E-state index is 0.236. The van der Waals surface area contributed by atoms with E-state index in [1.54, 1.807) is 0 Å². The van der Waals surface area contributed by atoms with E-state index < -0.39 is 0 Å². The molecule has 0 unspecified atom stereocenters. The average molecular weight is 605 g/mol. The van der Waals surface area contributed by atoms with Crippen molar-refractivity contribution in [3.05, 3.63) is 0 Å². The smallest absolute Gasteiger partial charge is 0.0980 e. The monoisotopic (exact) mass is 605 g/mol. The van der Waals surface area contributed by atoms with Gasteiger partial charge in [0, 0.05) is 0 Å². The highest BCUT2D eigenvalue weighted by molar-refractivity contribution is 5.15. The summed E-state index contributed by atoms with van der Waals surface area (Å²) in [5.41, 5.74) is 0.472. The molecule has 0 atom stereocenters. The Labute approximate surface area is 274 Å². The van der Waals surface area contributed by atoms with E-state index in [1.165, 1.54) is 231 Å². The van der Waals surface area contributed by atoms with Crippen LogP contribution >= 0.6 is 0 Å². The Bertz CT molecular complexity index is 465. The lowest BCUT2D eigenvalue weighted by Crippen LogP contribution is -2.27. The summed E-state index contributed by atoms with van der Waals surface area (Å²) in [5.74, 6) is 0. The van der Waals surface area contributed by atoms with E-state index in [0.29, 0.717) is 0 Å². The van der Waals surface area contributed by atoms with Crippen molar-refractivity contribution in [2.75, 3.05) is 0 Å². The van der Waals surface area contributed by atoms with Gasteiger partial charge in [0.05, 0.1) is 11.2 Å². The normalized spacial score (nSPS) is 15.3. The summed E-state index contributed by atoms with van der Waals surface area (Å²) in [5, 5.41) is 0. The minimum absolute atomic E-state index is 0.236. The average Bonchev–Trinajstić information content (AvgIpc) is 3.64. The third-order valence-corrected chi connectivity index (χ3v) is 10.9. The van der Waals surface area contributed by atoms with E-state index in [1.807, 2.05) is 0 Å². The van der Waals surface area contributed by atoms with Crippen LogP contribution in [0.3, 0.4) is 0 Å². The van der Waals surface area contributed by atoms with Crippen LogP contribution in [0.1, 0.15) is 259 Å². The van der Waals surface area contributed by atoms with Crippen LogP contribution in [0.5, 0.6) is 0 Å². The van der Waals surface area contributed by atoms with Crippen LogP contribution in [-0.2, 0) is 4.74 Å². The summed E-state index contributed by atoms with van der Waals surface area (Å²) >= 11 is 0. The third-order valence-electron chi connectivity index (χ3n) is 10.9. The molecule has 1 heterocycles. The van der Waals surface area contributed by atoms with E-state index in [4.69, 9.17) is 4.74 Å². The molecule has 1 fully saturated rings. The Hall–Kier alpha value is -0.0400. The van der Waals surface area contributed by atoms with Crippen LogP contribution in [0, 0.1) is 0 Å². The highest BCUT2D eigenvalue weighted by Crippen LogP contribution is 2.60. The Balaban J connectivity index is 2.63. The van der Waals surface area contributed by atoms with Crippen molar-refractivity contribution in [2.24, 2.45) is 0 Å². The maximum absolute atomic E-state index is 7.13. The summed E-state index contributed by atoms with van der Waals surface area (Å²) in [7, 11) is 0. The molecular weight excluding hydrogens is 520 g/mol. The molecule has 1 nitrogen and oxygen atoms in total. The summed E-state index contributed by atoms with van der Waals surface area (Å²) in [4.78, 5) is 0. The summed E-state index contributed by atoms with van der Waals surface area (Å²) < 4.78 is 7.13. The van der Waals surface area contributed by atoms with Crippen LogP contribution < -0.4 is 0 Å². The van der Waals surface area contributed by atoms with Gasteiger partial charge in [0.15, 0.2) is 0 Å². The van der Waals surface area contributed by atoms with Gasteiger partial charge in [-0.15, -0.1) is 0 Å². The molecule has 0 N–H and O–H groups in total. The standard InChI is InChI=1S/C42H84O/c1-5-9-13-17-21-25-29-33-37-41(38-34-30-26-22-18-14-10-6-2)42(43-41,39-35-31-27-23-19-15-11-7-3)40-36-32-28-24-20-16-12-8-4/h5-40H2,1-4H3. The van der Waals surface area contributed by atoms with Crippen molar-refractivity contribution >= 4 is 0 Å². The summed E-state index contributed by atoms with van der Waals surface area (Å²) in [6.07, 6.45) is 51.1. The molecular formula is C42H84O. The van der Waals surface area contributed by atoms with Crippen LogP contribution in [0.4, 0.5) is 0 Å².